The van der Waals surface area contributed by atoms with Crippen molar-refractivity contribution >= 4 is 29.4 Å². The van der Waals surface area contributed by atoms with Gasteiger partial charge in [-0.3, -0.25) is 4.79 Å². The van der Waals surface area contributed by atoms with Gasteiger partial charge in [-0.05, 0) is 6.26 Å². The van der Waals surface area contributed by atoms with Gasteiger partial charge in [-0.1, -0.05) is 30.3 Å². The van der Waals surface area contributed by atoms with Crippen LogP contribution in [-0.4, -0.2) is 45.1 Å². The molecule has 0 radical (unpaired) electrons. The number of H-pyrrole nitrogens is 1. The zero-order valence-electron chi connectivity index (χ0n) is 11.8. The highest BCUT2D eigenvalue weighted by Crippen LogP contribution is 2.38. The minimum atomic E-state index is 0.0645. The molecule has 6 heteroatoms. The number of nitrogens with zero attached hydrogens (tertiary/aromatic N) is 2. The molecule has 1 fully saturated rings. The predicted octanol–water partition coefficient (Wildman–Crippen LogP) is 3.01. The van der Waals surface area contributed by atoms with Gasteiger partial charge < -0.3 is 9.88 Å². The average Bonchev–Trinajstić information content (AvgIpc) is 3.13. The Labute approximate surface area is 132 Å². The van der Waals surface area contributed by atoms with Crippen LogP contribution in [0, 0.1) is 0 Å². The van der Waals surface area contributed by atoms with Gasteiger partial charge in [-0.2, -0.15) is 11.8 Å². The van der Waals surface area contributed by atoms with Crippen LogP contribution in [0.15, 0.2) is 36.5 Å². The van der Waals surface area contributed by atoms with E-state index in [0.29, 0.717) is 5.75 Å². The Hall–Kier alpha value is -1.40. The molecular formula is C15H17N3OS2. The molecule has 1 aromatic carbocycles. The van der Waals surface area contributed by atoms with Gasteiger partial charge >= 0.3 is 0 Å². The third-order valence-electron chi connectivity index (χ3n) is 3.41. The molecule has 1 N–H and O–H groups in total. The maximum atomic E-state index is 12.0. The highest BCUT2D eigenvalue weighted by Gasteiger charge is 2.33. The molecule has 0 saturated carbocycles. The summed E-state index contributed by atoms with van der Waals surface area (Å²) in [4.78, 5) is 21.8. The van der Waals surface area contributed by atoms with Crippen molar-refractivity contribution in [2.24, 2.45) is 0 Å². The molecule has 0 bridgehead atoms. The highest BCUT2D eigenvalue weighted by atomic mass is 32.2. The van der Waals surface area contributed by atoms with E-state index in [1.165, 1.54) is 0 Å². The zero-order valence-corrected chi connectivity index (χ0v) is 13.4. The topological polar surface area (TPSA) is 49.0 Å². The third kappa shape index (κ3) is 3.11. The predicted molar refractivity (Wildman–Crippen MR) is 89.3 cm³/mol. The average molecular weight is 319 g/mol. The van der Waals surface area contributed by atoms with Gasteiger partial charge in [0.05, 0.1) is 17.6 Å². The first-order chi connectivity index (χ1) is 10.3. The van der Waals surface area contributed by atoms with Crippen molar-refractivity contribution in [3.63, 3.8) is 0 Å². The lowest BCUT2D eigenvalue weighted by molar-refractivity contribution is -0.127. The number of thioether (sulfide) groups is 2. The van der Waals surface area contributed by atoms with E-state index in [1.54, 1.807) is 23.5 Å². The molecule has 1 unspecified atom stereocenters. The summed E-state index contributed by atoms with van der Waals surface area (Å²) in [6.07, 6.45) is 3.91. The SMILES string of the molecule is CSCCN1C(=O)CSC1c1cnc(-c2ccccc2)[nH]1. The van der Waals surface area contributed by atoms with Gasteiger partial charge in [0.15, 0.2) is 0 Å². The number of carbonyl (C=O) groups is 1. The number of hydrogen-bond acceptors (Lipinski definition) is 4. The lowest BCUT2D eigenvalue weighted by Gasteiger charge is -2.22. The molecule has 4 nitrogen and oxygen atoms in total. The summed E-state index contributed by atoms with van der Waals surface area (Å²) < 4.78 is 0. The molecule has 1 aliphatic heterocycles. The van der Waals surface area contributed by atoms with Crippen LogP contribution in [0.5, 0.6) is 0 Å². The number of rotatable bonds is 5. The molecule has 1 aliphatic rings. The lowest BCUT2D eigenvalue weighted by atomic mass is 10.2. The maximum absolute atomic E-state index is 12.0. The number of benzene rings is 1. The van der Waals surface area contributed by atoms with Crippen molar-refractivity contribution in [3.8, 4) is 11.4 Å². The first-order valence-corrected chi connectivity index (χ1v) is 9.24. The summed E-state index contributed by atoms with van der Waals surface area (Å²) in [5, 5.41) is 0.0645. The minimum absolute atomic E-state index is 0.0645. The van der Waals surface area contributed by atoms with Gasteiger partial charge in [-0.15, -0.1) is 11.8 Å². The van der Waals surface area contributed by atoms with Crippen molar-refractivity contribution in [1.29, 1.82) is 0 Å². The summed E-state index contributed by atoms with van der Waals surface area (Å²) in [5.74, 6) is 2.59. The molecule has 1 saturated heterocycles. The summed E-state index contributed by atoms with van der Waals surface area (Å²) >= 11 is 3.43. The van der Waals surface area contributed by atoms with E-state index in [-0.39, 0.29) is 11.3 Å². The molecule has 0 spiro atoms. The van der Waals surface area contributed by atoms with Crippen LogP contribution in [0.3, 0.4) is 0 Å². The normalized spacial score (nSPS) is 18.4. The number of amides is 1. The quantitative estimate of drug-likeness (QED) is 0.920. The first-order valence-electron chi connectivity index (χ1n) is 6.80. The minimum Gasteiger partial charge on any atom is -0.339 e. The second-order valence-corrected chi connectivity index (χ2v) is 6.85. The van der Waals surface area contributed by atoms with Gasteiger partial charge in [0, 0.05) is 17.9 Å². The Morgan fingerprint density at radius 2 is 2.24 bits per heavy atom. The van der Waals surface area contributed by atoms with Crippen LogP contribution in [0.25, 0.3) is 11.4 Å². The second kappa shape index (κ2) is 6.58. The largest absolute Gasteiger partial charge is 0.339 e. The van der Waals surface area contributed by atoms with E-state index in [1.807, 2.05) is 41.4 Å². The van der Waals surface area contributed by atoms with E-state index in [9.17, 15) is 4.79 Å². The fraction of sp³-hybridized carbons (Fsp3) is 0.333. The molecular weight excluding hydrogens is 302 g/mol. The Morgan fingerprint density at radius 3 is 3.00 bits per heavy atom. The van der Waals surface area contributed by atoms with Gasteiger partial charge in [-0.25, -0.2) is 4.98 Å². The van der Waals surface area contributed by atoms with Gasteiger partial charge in [0.2, 0.25) is 5.91 Å². The fourth-order valence-corrected chi connectivity index (χ4v) is 3.89. The monoisotopic (exact) mass is 319 g/mol. The van der Waals surface area contributed by atoms with Crippen molar-refractivity contribution in [3.05, 3.63) is 42.2 Å². The zero-order chi connectivity index (χ0) is 14.7. The lowest BCUT2D eigenvalue weighted by Crippen LogP contribution is -2.30. The molecule has 3 rings (SSSR count). The van der Waals surface area contributed by atoms with Crippen LogP contribution in [0.2, 0.25) is 0 Å². The standard InChI is InChI=1S/C15H17N3OS2/c1-20-8-7-18-13(19)10-21-15(18)12-9-16-14(17-12)11-5-3-2-4-6-11/h2-6,9,15H,7-8,10H2,1H3,(H,16,17). The van der Waals surface area contributed by atoms with E-state index in [2.05, 4.69) is 16.2 Å². The van der Waals surface area contributed by atoms with Crippen LogP contribution in [-0.2, 0) is 4.79 Å². The summed E-state index contributed by atoms with van der Waals surface area (Å²) in [6, 6.07) is 10.0. The molecule has 21 heavy (non-hydrogen) atoms. The first kappa shape index (κ1) is 14.5. The molecule has 1 aromatic heterocycles. The van der Waals surface area contributed by atoms with E-state index >= 15 is 0 Å². The van der Waals surface area contributed by atoms with E-state index < -0.39 is 0 Å². The van der Waals surface area contributed by atoms with Gasteiger partial charge in [0.25, 0.3) is 0 Å². The van der Waals surface area contributed by atoms with Crippen LogP contribution in [0.1, 0.15) is 11.1 Å². The van der Waals surface area contributed by atoms with Crippen LogP contribution < -0.4 is 0 Å². The second-order valence-electron chi connectivity index (χ2n) is 4.80. The Balaban J connectivity index is 1.80. The molecule has 2 aromatic rings. The number of carbonyl (C=O) groups excluding carboxylic acids is 1. The van der Waals surface area contributed by atoms with Gasteiger partial charge in [0.1, 0.15) is 11.2 Å². The van der Waals surface area contributed by atoms with Crippen LogP contribution >= 0.6 is 23.5 Å². The Morgan fingerprint density at radius 1 is 1.43 bits per heavy atom. The Bertz CT molecular complexity index is 614. The van der Waals surface area contributed by atoms with E-state index in [0.717, 1.165) is 29.4 Å². The maximum Gasteiger partial charge on any atom is 0.233 e. The number of nitrogens with one attached hydrogen (secondary N) is 1. The fourth-order valence-electron chi connectivity index (χ4n) is 2.35. The van der Waals surface area contributed by atoms with Crippen molar-refractivity contribution in [2.75, 3.05) is 24.3 Å². The number of hydrogen-bond donors (Lipinski definition) is 1. The highest BCUT2D eigenvalue weighted by molar-refractivity contribution is 8.00. The third-order valence-corrected chi connectivity index (χ3v) is 5.24. The van der Waals surface area contributed by atoms with Crippen LogP contribution in [0.4, 0.5) is 0 Å². The van der Waals surface area contributed by atoms with Crippen molar-refractivity contribution in [1.82, 2.24) is 14.9 Å². The summed E-state index contributed by atoms with van der Waals surface area (Å²) in [6.45, 7) is 0.789. The Kier molecular flexibility index (Phi) is 4.55. The molecule has 0 aliphatic carbocycles. The number of aromatic nitrogens is 2. The molecule has 1 atom stereocenters. The van der Waals surface area contributed by atoms with Crippen molar-refractivity contribution in [2.45, 2.75) is 5.37 Å². The smallest absolute Gasteiger partial charge is 0.233 e. The molecule has 1 amide bonds. The number of imidazole rings is 1. The number of aromatic amines is 1. The van der Waals surface area contributed by atoms with Crippen molar-refractivity contribution < 1.29 is 4.79 Å². The molecule has 2 heterocycles. The molecule has 110 valence electrons. The summed E-state index contributed by atoms with van der Waals surface area (Å²) in [7, 11) is 0. The van der Waals surface area contributed by atoms with E-state index in [4.69, 9.17) is 0 Å². The summed E-state index contributed by atoms with van der Waals surface area (Å²) in [5.41, 5.74) is 2.07.